The second kappa shape index (κ2) is 6.16. The average Bonchev–Trinajstić information content (AvgIpc) is 2.82. The molecule has 0 atom stereocenters. The normalized spacial score (nSPS) is 11.5. The van der Waals surface area contributed by atoms with E-state index in [9.17, 15) is 13.2 Å². The Morgan fingerprint density at radius 3 is 2.62 bits per heavy atom. The van der Waals surface area contributed by atoms with E-state index in [4.69, 9.17) is 5.84 Å². The molecule has 0 radical (unpaired) electrons. The summed E-state index contributed by atoms with van der Waals surface area (Å²) in [7, 11) is 1.65. The lowest BCUT2D eigenvalue weighted by Gasteiger charge is -2.19. The minimum Gasteiger partial charge on any atom is -0.355 e. The molecule has 0 aliphatic carbocycles. The minimum atomic E-state index is -4.63. The molecule has 0 saturated heterocycles. The highest BCUT2D eigenvalue weighted by atomic mass is 79.9. The maximum atomic E-state index is 12.8. The highest BCUT2D eigenvalue weighted by Crippen LogP contribution is 2.29. The van der Waals surface area contributed by atoms with Crippen molar-refractivity contribution in [2.75, 3.05) is 17.4 Å². The van der Waals surface area contributed by atoms with E-state index < -0.39 is 12.0 Å². The van der Waals surface area contributed by atoms with Gasteiger partial charge in [-0.3, -0.25) is 0 Å². The zero-order valence-corrected chi connectivity index (χ0v) is 13.2. The second-order valence-corrected chi connectivity index (χ2v) is 6.48. The first-order chi connectivity index (χ1) is 9.79. The Bertz CT molecular complexity index is 631. The van der Waals surface area contributed by atoms with Crippen LogP contribution in [0.1, 0.15) is 11.4 Å². The number of hydrazine groups is 1. The van der Waals surface area contributed by atoms with E-state index >= 15 is 0 Å². The van der Waals surface area contributed by atoms with Gasteiger partial charge in [-0.2, -0.15) is 13.2 Å². The van der Waals surface area contributed by atoms with Crippen molar-refractivity contribution in [2.24, 2.45) is 5.84 Å². The molecule has 2 rings (SSSR count). The molecule has 0 unspecified atom stereocenters. The first-order valence-electron chi connectivity index (χ1n) is 5.66. The van der Waals surface area contributed by atoms with Gasteiger partial charge in [0.25, 0.3) is 0 Å². The van der Waals surface area contributed by atoms with Crippen LogP contribution in [0.5, 0.6) is 0 Å². The van der Waals surface area contributed by atoms with Crippen LogP contribution in [0.4, 0.5) is 24.8 Å². The number of nitrogens with one attached hydrogen (secondary N) is 1. The lowest BCUT2D eigenvalue weighted by molar-refractivity contribution is -0.144. The van der Waals surface area contributed by atoms with E-state index in [1.54, 1.807) is 11.9 Å². The van der Waals surface area contributed by atoms with Crippen molar-refractivity contribution < 1.29 is 13.2 Å². The molecule has 0 aliphatic heterocycles. The molecule has 5 nitrogen and oxygen atoms in total. The van der Waals surface area contributed by atoms with Gasteiger partial charge in [0.05, 0.1) is 3.79 Å². The molecule has 0 spiro atoms. The lowest BCUT2D eigenvalue weighted by atomic mass is 10.3. The fourth-order valence-electron chi connectivity index (χ4n) is 1.61. The Labute approximate surface area is 131 Å². The zero-order chi connectivity index (χ0) is 15.6. The van der Waals surface area contributed by atoms with Crippen LogP contribution in [-0.4, -0.2) is 17.0 Å². The van der Waals surface area contributed by atoms with E-state index in [0.717, 1.165) is 9.35 Å². The maximum absolute atomic E-state index is 12.8. The molecule has 2 heterocycles. The molecular weight excluding hydrogens is 371 g/mol. The molecule has 10 heteroatoms. The van der Waals surface area contributed by atoms with E-state index in [0.29, 0.717) is 6.54 Å². The highest BCUT2D eigenvalue weighted by Gasteiger charge is 2.35. The molecule has 0 aliphatic rings. The summed E-state index contributed by atoms with van der Waals surface area (Å²) in [5.41, 5.74) is 3.08. The van der Waals surface area contributed by atoms with Gasteiger partial charge in [0.2, 0.25) is 5.82 Å². The van der Waals surface area contributed by atoms with Crippen LogP contribution in [-0.2, 0) is 12.7 Å². The van der Waals surface area contributed by atoms with Crippen molar-refractivity contribution in [3.05, 3.63) is 32.7 Å². The van der Waals surface area contributed by atoms with Gasteiger partial charge < -0.3 is 10.3 Å². The smallest absolute Gasteiger partial charge is 0.355 e. The Morgan fingerprint density at radius 2 is 2.10 bits per heavy atom. The monoisotopic (exact) mass is 381 g/mol. The lowest BCUT2D eigenvalue weighted by Crippen LogP contribution is -2.22. The molecule has 0 saturated carbocycles. The second-order valence-electron chi connectivity index (χ2n) is 4.19. The number of nitrogens with two attached hydrogens (primary N) is 1. The number of halogens is 4. The van der Waals surface area contributed by atoms with Gasteiger partial charge in [0.1, 0.15) is 11.6 Å². The van der Waals surface area contributed by atoms with Crippen LogP contribution in [0.25, 0.3) is 0 Å². The maximum Gasteiger partial charge on any atom is 0.451 e. The van der Waals surface area contributed by atoms with Crippen LogP contribution in [0.3, 0.4) is 0 Å². The molecule has 0 bridgehead atoms. The van der Waals surface area contributed by atoms with Crippen LogP contribution < -0.4 is 16.2 Å². The van der Waals surface area contributed by atoms with Crippen molar-refractivity contribution in [1.29, 1.82) is 0 Å². The Balaban J connectivity index is 2.29. The molecule has 2 aromatic rings. The SMILES string of the molecule is CN(Cc1csc(Br)c1)c1cc(NN)nc(C(F)(F)F)n1. The first-order valence-corrected chi connectivity index (χ1v) is 7.34. The average molecular weight is 382 g/mol. The number of hydrogen-bond acceptors (Lipinski definition) is 6. The van der Waals surface area contributed by atoms with Crippen molar-refractivity contribution in [3.8, 4) is 0 Å². The molecule has 0 amide bonds. The third-order valence-electron chi connectivity index (χ3n) is 2.55. The summed E-state index contributed by atoms with van der Waals surface area (Å²) < 4.78 is 39.2. The zero-order valence-electron chi connectivity index (χ0n) is 10.8. The number of nitrogen functional groups attached to an aromatic ring is 1. The molecule has 3 N–H and O–H groups in total. The predicted molar refractivity (Wildman–Crippen MR) is 79.0 cm³/mol. The number of alkyl halides is 3. The van der Waals surface area contributed by atoms with E-state index in [2.05, 4.69) is 31.3 Å². The van der Waals surface area contributed by atoms with Gasteiger partial charge in [-0.05, 0) is 32.9 Å². The first kappa shape index (κ1) is 16.0. The molecule has 0 fully saturated rings. The van der Waals surface area contributed by atoms with Gasteiger partial charge in [0.15, 0.2) is 0 Å². The molecular formula is C11H11BrF3N5S. The van der Waals surface area contributed by atoms with Gasteiger partial charge in [-0.15, -0.1) is 11.3 Å². The molecule has 0 aromatic carbocycles. The summed E-state index contributed by atoms with van der Waals surface area (Å²) in [4.78, 5) is 8.44. The van der Waals surface area contributed by atoms with Crippen LogP contribution in [0.2, 0.25) is 0 Å². The predicted octanol–water partition coefficient (Wildman–Crippen LogP) is 3.24. The summed E-state index contributed by atoms with van der Waals surface area (Å²) in [6.07, 6.45) is -4.63. The van der Waals surface area contributed by atoms with Crippen molar-refractivity contribution in [2.45, 2.75) is 12.7 Å². The number of aromatic nitrogens is 2. The topological polar surface area (TPSA) is 67.1 Å². The molecule has 114 valence electrons. The minimum absolute atomic E-state index is 0.0920. The van der Waals surface area contributed by atoms with Crippen molar-refractivity contribution >= 4 is 38.9 Å². The Hall–Kier alpha value is -1.39. The van der Waals surface area contributed by atoms with Crippen molar-refractivity contribution in [3.63, 3.8) is 0 Å². The van der Waals surface area contributed by atoms with Crippen molar-refractivity contribution in [1.82, 2.24) is 9.97 Å². The van der Waals surface area contributed by atoms with Gasteiger partial charge >= 0.3 is 6.18 Å². The van der Waals surface area contributed by atoms with E-state index in [1.165, 1.54) is 17.4 Å². The number of thiophene rings is 1. The Morgan fingerprint density at radius 1 is 1.38 bits per heavy atom. The quantitative estimate of drug-likeness (QED) is 0.628. The molecule has 2 aromatic heterocycles. The number of hydrogen-bond donors (Lipinski definition) is 2. The third kappa shape index (κ3) is 4.05. The van der Waals surface area contributed by atoms with Gasteiger partial charge in [0, 0.05) is 19.7 Å². The molecule has 21 heavy (non-hydrogen) atoms. The van der Waals surface area contributed by atoms with Crippen LogP contribution in [0.15, 0.2) is 21.3 Å². The summed E-state index contributed by atoms with van der Waals surface area (Å²) in [6.45, 7) is 0.417. The standard InChI is InChI=1S/C11H11BrF3N5S/c1-20(4-6-2-7(12)21-5-6)9-3-8(19-16)17-10(18-9)11(13,14)15/h2-3,5H,4,16H2,1H3,(H,17,18,19). The largest absolute Gasteiger partial charge is 0.451 e. The summed E-state index contributed by atoms with van der Waals surface area (Å²) in [6, 6.07) is 3.26. The van der Waals surface area contributed by atoms with E-state index in [-0.39, 0.29) is 11.6 Å². The number of nitrogens with zero attached hydrogens (tertiary/aromatic N) is 3. The van der Waals surface area contributed by atoms with Crippen LogP contribution >= 0.6 is 27.3 Å². The fourth-order valence-corrected chi connectivity index (χ4v) is 2.81. The van der Waals surface area contributed by atoms with E-state index in [1.807, 2.05) is 11.4 Å². The Kier molecular flexibility index (Phi) is 4.69. The summed E-state index contributed by atoms with van der Waals surface area (Å²) in [5, 5.41) is 1.91. The van der Waals surface area contributed by atoms with Gasteiger partial charge in [-0.1, -0.05) is 0 Å². The third-order valence-corrected chi connectivity index (χ3v) is 4.10. The van der Waals surface area contributed by atoms with Crippen LogP contribution in [0, 0.1) is 0 Å². The fraction of sp³-hybridized carbons (Fsp3) is 0.273. The summed E-state index contributed by atoms with van der Waals surface area (Å²) in [5.74, 6) is 3.97. The highest BCUT2D eigenvalue weighted by molar-refractivity contribution is 9.11. The number of rotatable bonds is 4. The van der Waals surface area contributed by atoms with Gasteiger partial charge in [-0.25, -0.2) is 15.8 Å². The summed E-state index contributed by atoms with van der Waals surface area (Å²) >= 11 is 4.84. The number of anilines is 2.